The van der Waals surface area contributed by atoms with Crippen LogP contribution in [0.4, 0.5) is 0 Å². The van der Waals surface area contributed by atoms with Crippen LogP contribution >= 0.6 is 31.9 Å². The number of nitrogens with two attached hydrogens (primary N) is 1. The van der Waals surface area contributed by atoms with Crippen LogP contribution in [0.5, 0.6) is 5.75 Å². The quantitative estimate of drug-likeness (QED) is 0.688. The highest BCUT2D eigenvalue weighted by Gasteiger charge is 2.15. The van der Waals surface area contributed by atoms with Gasteiger partial charge in [-0.15, -0.1) is 0 Å². The predicted octanol–water partition coefficient (Wildman–Crippen LogP) is 2.72. The molecule has 1 fully saturated rings. The van der Waals surface area contributed by atoms with Crippen LogP contribution in [0.25, 0.3) is 0 Å². The normalized spacial score (nSPS) is 16.3. The number of primary sulfonamides is 1. The number of rotatable bonds is 6. The number of nitrogens with zero attached hydrogens (tertiary/aromatic N) is 1. The van der Waals surface area contributed by atoms with Crippen LogP contribution in [0, 0.1) is 0 Å². The Hall–Kier alpha value is -0.150. The molecule has 1 saturated heterocycles. The molecule has 0 bridgehead atoms. The van der Waals surface area contributed by atoms with Crippen LogP contribution in [0.15, 0.2) is 26.0 Å². The number of benzene rings is 1. The average molecular weight is 442 g/mol. The minimum Gasteiger partial charge on any atom is -0.491 e. The highest BCUT2D eigenvalue weighted by atomic mass is 79.9. The van der Waals surface area contributed by atoms with Crippen molar-refractivity contribution in [1.29, 1.82) is 0 Å². The number of halogens is 2. The van der Waals surface area contributed by atoms with Gasteiger partial charge in [0, 0.05) is 6.54 Å². The molecule has 1 heterocycles. The molecule has 2 N–H and O–H groups in total. The van der Waals surface area contributed by atoms with Crippen LogP contribution in [-0.4, -0.2) is 39.6 Å². The fraction of sp³-hybridized carbons (Fsp3) is 0.538. The maximum absolute atomic E-state index is 11.3. The topological polar surface area (TPSA) is 72.6 Å². The van der Waals surface area contributed by atoms with Crippen molar-refractivity contribution >= 4 is 41.9 Å². The summed E-state index contributed by atoms with van der Waals surface area (Å²) < 4.78 is 29.6. The molecule has 21 heavy (non-hydrogen) atoms. The number of ether oxygens (including phenoxy) is 1. The molecule has 2 rings (SSSR count). The summed E-state index contributed by atoms with van der Waals surface area (Å²) >= 11 is 6.65. The van der Waals surface area contributed by atoms with Gasteiger partial charge in [-0.1, -0.05) is 0 Å². The van der Waals surface area contributed by atoms with Crippen LogP contribution in [-0.2, 0) is 10.0 Å². The Balaban J connectivity index is 1.93. The average Bonchev–Trinajstić information content (AvgIpc) is 2.88. The molecule has 0 unspecified atom stereocenters. The smallest absolute Gasteiger partial charge is 0.238 e. The summed E-state index contributed by atoms with van der Waals surface area (Å²) in [6.45, 7) is 3.97. The van der Waals surface area contributed by atoms with Gasteiger partial charge in [-0.05, 0) is 76.3 Å². The number of likely N-dealkylation sites (tertiary alicyclic amines) is 1. The van der Waals surface area contributed by atoms with Gasteiger partial charge in [0.1, 0.15) is 5.75 Å². The van der Waals surface area contributed by atoms with Gasteiger partial charge in [0.05, 0.1) is 20.4 Å². The van der Waals surface area contributed by atoms with Gasteiger partial charge in [0.15, 0.2) is 0 Å². The van der Waals surface area contributed by atoms with E-state index in [1.54, 1.807) is 0 Å². The second-order valence-electron chi connectivity index (χ2n) is 5.01. The Morgan fingerprint density at radius 2 is 1.76 bits per heavy atom. The van der Waals surface area contributed by atoms with Crippen molar-refractivity contribution in [1.82, 2.24) is 4.90 Å². The zero-order chi connectivity index (χ0) is 15.5. The minimum atomic E-state index is -3.72. The Morgan fingerprint density at radius 3 is 2.29 bits per heavy atom. The third kappa shape index (κ3) is 4.92. The van der Waals surface area contributed by atoms with Crippen molar-refractivity contribution in [3.05, 3.63) is 21.1 Å². The van der Waals surface area contributed by atoms with Crippen molar-refractivity contribution in [2.24, 2.45) is 5.14 Å². The zero-order valence-electron chi connectivity index (χ0n) is 11.5. The summed E-state index contributed by atoms with van der Waals surface area (Å²) in [6, 6.07) is 2.91. The van der Waals surface area contributed by atoms with E-state index in [0.717, 1.165) is 13.0 Å². The minimum absolute atomic E-state index is 0.0469. The van der Waals surface area contributed by atoms with Gasteiger partial charge in [0.25, 0.3) is 0 Å². The van der Waals surface area contributed by atoms with E-state index in [9.17, 15) is 8.42 Å². The van der Waals surface area contributed by atoms with E-state index in [-0.39, 0.29) is 4.90 Å². The monoisotopic (exact) mass is 440 g/mol. The molecule has 1 aliphatic heterocycles. The first-order valence-corrected chi connectivity index (χ1v) is 9.88. The first-order valence-electron chi connectivity index (χ1n) is 6.75. The van der Waals surface area contributed by atoms with Crippen LogP contribution < -0.4 is 9.88 Å². The van der Waals surface area contributed by atoms with Crippen LogP contribution in [0.2, 0.25) is 0 Å². The molecule has 8 heteroatoms. The lowest BCUT2D eigenvalue weighted by Crippen LogP contribution is -2.22. The summed E-state index contributed by atoms with van der Waals surface area (Å²) in [5.74, 6) is 0.601. The molecular weight excluding hydrogens is 424 g/mol. The molecule has 0 saturated carbocycles. The van der Waals surface area contributed by atoms with Gasteiger partial charge in [0.2, 0.25) is 10.0 Å². The second-order valence-corrected chi connectivity index (χ2v) is 8.28. The van der Waals surface area contributed by atoms with Gasteiger partial charge in [-0.2, -0.15) is 0 Å². The van der Waals surface area contributed by atoms with E-state index in [1.807, 2.05) is 0 Å². The maximum atomic E-state index is 11.3. The van der Waals surface area contributed by atoms with Crippen molar-refractivity contribution < 1.29 is 13.2 Å². The summed E-state index contributed by atoms with van der Waals surface area (Å²) in [6.07, 6.45) is 3.51. The molecule has 0 amide bonds. The lowest BCUT2D eigenvalue weighted by Gasteiger charge is -2.15. The van der Waals surface area contributed by atoms with Crippen LogP contribution in [0.3, 0.4) is 0 Å². The van der Waals surface area contributed by atoms with Gasteiger partial charge in [-0.3, -0.25) is 0 Å². The van der Waals surface area contributed by atoms with Crippen molar-refractivity contribution in [2.75, 3.05) is 26.2 Å². The Morgan fingerprint density at radius 1 is 1.19 bits per heavy atom. The van der Waals surface area contributed by atoms with E-state index in [4.69, 9.17) is 9.88 Å². The van der Waals surface area contributed by atoms with Crippen LogP contribution in [0.1, 0.15) is 19.3 Å². The first kappa shape index (κ1) is 17.2. The summed E-state index contributed by atoms with van der Waals surface area (Å²) in [5, 5.41) is 5.12. The summed E-state index contributed by atoms with van der Waals surface area (Å²) in [5.41, 5.74) is 0. The molecule has 0 atom stereocenters. The second kappa shape index (κ2) is 7.41. The first-order chi connectivity index (χ1) is 9.88. The molecule has 1 aliphatic rings. The van der Waals surface area contributed by atoms with Crippen molar-refractivity contribution in [3.8, 4) is 5.75 Å². The highest BCUT2D eigenvalue weighted by molar-refractivity contribution is 9.11. The summed E-state index contributed by atoms with van der Waals surface area (Å²) in [7, 11) is -3.72. The van der Waals surface area contributed by atoms with E-state index in [2.05, 4.69) is 36.8 Å². The largest absolute Gasteiger partial charge is 0.491 e. The Bertz CT molecular complexity index is 578. The molecule has 0 spiro atoms. The highest BCUT2D eigenvalue weighted by Crippen LogP contribution is 2.35. The van der Waals surface area contributed by atoms with Gasteiger partial charge in [-0.25, -0.2) is 13.6 Å². The van der Waals surface area contributed by atoms with E-state index >= 15 is 0 Å². The molecule has 1 aromatic rings. The lowest BCUT2D eigenvalue weighted by atomic mass is 10.3. The molecule has 5 nitrogen and oxygen atoms in total. The number of hydrogen-bond donors (Lipinski definition) is 1. The third-order valence-corrected chi connectivity index (χ3v) is 5.43. The van der Waals surface area contributed by atoms with Gasteiger partial charge < -0.3 is 9.64 Å². The number of sulfonamides is 1. The Kier molecular flexibility index (Phi) is 6.07. The van der Waals surface area contributed by atoms with E-state index < -0.39 is 10.0 Å². The zero-order valence-corrected chi connectivity index (χ0v) is 15.5. The van der Waals surface area contributed by atoms with Crippen molar-refractivity contribution in [2.45, 2.75) is 24.2 Å². The fourth-order valence-corrected chi connectivity index (χ4v) is 4.59. The molecule has 1 aromatic carbocycles. The third-order valence-electron chi connectivity index (χ3n) is 3.36. The molecule has 0 aliphatic carbocycles. The van der Waals surface area contributed by atoms with Gasteiger partial charge >= 0.3 is 0 Å². The van der Waals surface area contributed by atoms with E-state index in [0.29, 0.717) is 21.3 Å². The van der Waals surface area contributed by atoms with E-state index in [1.165, 1.54) is 38.1 Å². The maximum Gasteiger partial charge on any atom is 0.238 e. The molecule has 118 valence electrons. The molecule has 0 radical (unpaired) electrons. The lowest BCUT2D eigenvalue weighted by molar-refractivity contribution is 0.261. The SMILES string of the molecule is NS(=O)(=O)c1cc(Br)c(OCCCN2CCCC2)c(Br)c1. The standard InChI is InChI=1S/C13H18Br2N2O3S/c14-11-8-10(21(16,18)19)9-12(15)13(11)20-7-3-6-17-4-1-2-5-17/h8-9H,1-7H2,(H2,16,18,19). The molecule has 0 aromatic heterocycles. The Labute approximate surface area is 142 Å². The van der Waals surface area contributed by atoms with Crippen molar-refractivity contribution in [3.63, 3.8) is 0 Å². The molecular formula is C13H18Br2N2O3S. The fourth-order valence-electron chi connectivity index (χ4n) is 2.31. The number of hydrogen-bond acceptors (Lipinski definition) is 4. The predicted molar refractivity (Wildman–Crippen MR) is 89.0 cm³/mol. The summed E-state index contributed by atoms with van der Waals surface area (Å²) in [4.78, 5) is 2.48.